The number of hydrogen-bond acceptors (Lipinski definition) is 2. The van der Waals surface area contributed by atoms with Crippen molar-refractivity contribution in [2.75, 3.05) is 0 Å². The van der Waals surface area contributed by atoms with E-state index in [9.17, 15) is 4.79 Å². The molecule has 8 heavy (non-hydrogen) atoms. The van der Waals surface area contributed by atoms with E-state index in [1.807, 2.05) is 0 Å². The van der Waals surface area contributed by atoms with Crippen molar-refractivity contribution in [3.63, 3.8) is 0 Å². The van der Waals surface area contributed by atoms with Crippen LogP contribution in [0.1, 0.15) is 21.3 Å². The highest BCUT2D eigenvalue weighted by Crippen LogP contribution is 1.87. The Kier molecular flexibility index (Phi) is 5.60. The molecule has 0 unspecified atom stereocenters. The molecule has 0 spiro atoms. The van der Waals surface area contributed by atoms with Crippen LogP contribution in [-0.2, 0) is 9.53 Å². The van der Waals surface area contributed by atoms with Crippen LogP contribution in [0.15, 0.2) is 12.3 Å². The minimum atomic E-state index is -0.312. The fourth-order valence-electron chi connectivity index (χ4n) is 0.245. The lowest BCUT2D eigenvalue weighted by Crippen LogP contribution is -1.93. The molecule has 0 aliphatic rings. The second-order valence-corrected chi connectivity index (χ2v) is 1.30. The third-order valence-electron chi connectivity index (χ3n) is 0.318. The van der Waals surface area contributed by atoms with Gasteiger partial charge in [-0.05, 0) is 6.92 Å². The molecule has 0 fully saturated rings. The minimum absolute atomic E-state index is 0. The zero-order chi connectivity index (χ0) is 5.86. The average Bonchev–Trinajstić information content (AvgIpc) is 1.27. The van der Waals surface area contributed by atoms with Gasteiger partial charge in [0.2, 0.25) is 0 Å². The molecule has 0 N–H and O–H groups in total. The highest BCUT2D eigenvalue weighted by Gasteiger charge is 1.87. The van der Waals surface area contributed by atoms with E-state index < -0.39 is 0 Å². The summed E-state index contributed by atoms with van der Waals surface area (Å²) in [6, 6.07) is 0. The molecule has 0 radical (unpaired) electrons. The van der Waals surface area contributed by atoms with Gasteiger partial charge in [0, 0.05) is 6.92 Å². The van der Waals surface area contributed by atoms with E-state index in [2.05, 4.69) is 11.3 Å². The first-order chi connectivity index (χ1) is 3.13. The zero-order valence-electron chi connectivity index (χ0n) is 4.52. The summed E-state index contributed by atoms with van der Waals surface area (Å²) >= 11 is 0. The number of allylic oxidation sites excluding steroid dienone is 1. The SMILES string of the molecule is C.C=C(C)OC(C)=O. The summed E-state index contributed by atoms with van der Waals surface area (Å²) in [5.41, 5.74) is 0. The third-order valence-corrected chi connectivity index (χ3v) is 0.318. The van der Waals surface area contributed by atoms with Crippen LogP contribution in [0.5, 0.6) is 0 Å². The Labute approximate surface area is 50.2 Å². The van der Waals surface area contributed by atoms with E-state index >= 15 is 0 Å². The topological polar surface area (TPSA) is 26.3 Å². The summed E-state index contributed by atoms with van der Waals surface area (Å²) in [5.74, 6) is 0.125. The van der Waals surface area contributed by atoms with Gasteiger partial charge in [-0.25, -0.2) is 0 Å². The molecule has 2 heteroatoms. The molecular formula is C6H12O2. The van der Waals surface area contributed by atoms with Crippen molar-refractivity contribution in [1.82, 2.24) is 0 Å². The lowest BCUT2D eigenvalue weighted by Gasteiger charge is -1.93. The van der Waals surface area contributed by atoms with E-state index in [4.69, 9.17) is 0 Å². The van der Waals surface area contributed by atoms with Crippen LogP contribution < -0.4 is 0 Å². The van der Waals surface area contributed by atoms with E-state index in [0.717, 1.165) is 0 Å². The van der Waals surface area contributed by atoms with Crippen LogP contribution in [0, 0.1) is 0 Å². The Morgan fingerprint density at radius 1 is 1.50 bits per heavy atom. The standard InChI is InChI=1S/C5H8O2.CH4/c1-4(2)7-5(3)6;/h1H2,2-3H3;1H4. The Hall–Kier alpha value is -0.790. The molecule has 0 heterocycles. The number of hydrogen-bond donors (Lipinski definition) is 0. The molecule has 0 atom stereocenters. The van der Waals surface area contributed by atoms with Crippen molar-refractivity contribution >= 4 is 5.97 Å². The molecule has 0 aliphatic heterocycles. The Balaban J connectivity index is 0. The molecule has 0 aromatic heterocycles. The highest BCUT2D eigenvalue weighted by molar-refractivity contribution is 5.67. The van der Waals surface area contributed by atoms with Crippen LogP contribution in [0.3, 0.4) is 0 Å². The van der Waals surface area contributed by atoms with Crippen LogP contribution in [0.4, 0.5) is 0 Å². The van der Waals surface area contributed by atoms with Gasteiger partial charge >= 0.3 is 5.97 Å². The zero-order valence-corrected chi connectivity index (χ0v) is 4.52. The summed E-state index contributed by atoms with van der Waals surface area (Å²) in [4.78, 5) is 9.97. The number of rotatable bonds is 1. The van der Waals surface area contributed by atoms with Crippen molar-refractivity contribution < 1.29 is 9.53 Å². The quantitative estimate of drug-likeness (QED) is 0.385. The fraction of sp³-hybridized carbons (Fsp3) is 0.500. The van der Waals surface area contributed by atoms with E-state index in [-0.39, 0.29) is 13.4 Å². The Bertz CT molecular complexity index is 82.7. The predicted octanol–water partition coefficient (Wildman–Crippen LogP) is 1.72. The van der Waals surface area contributed by atoms with Gasteiger partial charge in [-0.3, -0.25) is 4.79 Å². The van der Waals surface area contributed by atoms with Crippen molar-refractivity contribution in [3.8, 4) is 0 Å². The lowest BCUT2D eigenvalue weighted by atomic mass is 10.6. The van der Waals surface area contributed by atoms with Crippen molar-refractivity contribution in [3.05, 3.63) is 12.3 Å². The van der Waals surface area contributed by atoms with Gasteiger partial charge in [-0.2, -0.15) is 0 Å². The first-order valence-electron chi connectivity index (χ1n) is 1.97. The molecule has 0 aromatic carbocycles. The van der Waals surface area contributed by atoms with Gasteiger partial charge in [0.15, 0.2) is 0 Å². The van der Waals surface area contributed by atoms with Crippen LogP contribution >= 0.6 is 0 Å². The highest BCUT2D eigenvalue weighted by atomic mass is 16.5. The Morgan fingerprint density at radius 2 is 1.88 bits per heavy atom. The van der Waals surface area contributed by atoms with Crippen molar-refractivity contribution in [2.24, 2.45) is 0 Å². The van der Waals surface area contributed by atoms with E-state index in [1.54, 1.807) is 6.92 Å². The first kappa shape index (κ1) is 10.2. The van der Waals surface area contributed by atoms with Crippen molar-refractivity contribution in [2.45, 2.75) is 21.3 Å². The molecular weight excluding hydrogens is 104 g/mol. The fourth-order valence-corrected chi connectivity index (χ4v) is 0.245. The molecule has 0 saturated heterocycles. The molecule has 0 aromatic rings. The van der Waals surface area contributed by atoms with E-state index in [0.29, 0.717) is 5.76 Å². The van der Waals surface area contributed by atoms with Crippen LogP contribution in [-0.4, -0.2) is 5.97 Å². The number of carbonyl (C=O) groups is 1. The van der Waals surface area contributed by atoms with Gasteiger partial charge in [0.05, 0.1) is 5.76 Å². The number of carbonyl (C=O) groups excluding carboxylic acids is 1. The molecule has 0 aliphatic carbocycles. The second-order valence-electron chi connectivity index (χ2n) is 1.30. The van der Waals surface area contributed by atoms with Gasteiger partial charge in [0.25, 0.3) is 0 Å². The normalized spacial score (nSPS) is 6.75. The summed E-state index contributed by atoms with van der Waals surface area (Å²) in [5, 5.41) is 0. The summed E-state index contributed by atoms with van der Waals surface area (Å²) < 4.78 is 4.42. The number of esters is 1. The molecule has 48 valence electrons. The largest absolute Gasteiger partial charge is 0.432 e. The van der Waals surface area contributed by atoms with Crippen LogP contribution in [0.25, 0.3) is 0 Å². The predicted molar refractivity (Wildman–Crippen MR) is 33.3 cm³/mol. The van der Waals surface area contributed by atoms with Crippen molar-refractivity contribution in [1.29, 1.82) is 0 Å². The first-order valence-corrected chi connectivity index (χ1v) is 1.97. The Morgan fingerprint density at radius 3 is 1.88 bits per heavy atom. The second kappa shape index (κ2) is 4.37. The summed E-state index contributed by atoms with van der Waals surface area (Å²) in [6.45, 7) is 6.32. The summed E-state index contributed by atoms with van der Waals surface area (Å²) in [7, 11) is 0. The third kappa shape index (κ3) is 8.96. The van der Waals surface area contributed by atoms with Crippen LogP contribution in [0.2, 0.25) is 0 Å². The molecule has 0 rings (SSSR count). The molecule has 0 bridgehead atoms. The minimum Gasteiger partial charge on any atom is -0.432 e. The van der Waals surface area contributed by atoms with E-state index in [1.165, 1.54) is 6.92 Å². The monoisotopic (exact) mass is 116 g/mol. The van der Waals surface area contributed by atoms with Gasteiger partial charge in [-0.1, -0.05) is 14.0 Å². The summed E-state index contributed by atoms with van der Waals surface area (Å²) in [6.07, 6.45) is 0. The number of ether oxygens (including phenoxy) is 1. The maximum absolute atomic E-state index is 9.97. The smallest absolute Gasteiger partial charge is 0.307 e. The maximum atomic E-state index is 9.97. The molecule has 2 nitrogen and oxygen atoms in total. The lowest BCUT2D eigenvalue weighted by molar-refractivity contribution is -0.136. The van der Waals surface area contributed by atoms with Gasteiger partial charge in [-0.15, -0.1) is 0 Å². The average molecular weight is 116 g/mol. The molecule has 0 amide bonds. The van der Waals surface area contributed by atoms with Gasteiger partial charge < -0.3 is 4.74 Å². The van der Waals surface area contributed by atoms with Gasteiger partial charge in [0.1, 0.15) is 0 Å². The maximum Gasteiger partial charge on any atom is 0.307 e. The molecule has 0 saturated carbocycles.